The van der Waals surface area contributed by atoms with Gasteiger partial charge >= 0.3 is 0 Å². The van der Waals surface area contributed by atoms with E-state index in [1.807, 2.05) is 13.0 Å². The van der Waals surface area contributed by atoms with Crippen molar-refractivity contribution in [3.05, 3.63) is 28.8 Å². The molecule has 1 N–H and O–H groups in total. The molecule has 2 rings (SSSR count). The zero-order valence-corrected chi connectivity index (χ0v) is 10.8. The minimum atomic E-state index is -3.28. The highest BCUT2D eigenvalue weighted by Gasteiger charge is 2.42. The van der Waals surface area contributed by atoms with Crippen LogP contribution in [0.2, 0.25) is 5.02 Å². The summed E-state index contributed by atoms with van der Waals surface area (Å²) in [6.45, 7) is 4.41. The Morgan fingerprint density at radius 1 is 1.44 bits per heavy atom. The zero-order valence-electron chi connectivity index (χ0n) is 9.20. The van der Waals surface area contributed by atoms with Crippen molar-refractivity contribution in [2.45, 2.75) is 30.0 Å². The second kappa shape index (κ2) is 4.02. The summed E-state index contributed by atoms with van der Waals surface area (Å²) in [5, 5.41) is 3.06. The summed E-state index contributed by atoms with van der Waals surface area (Å²) >= 11 is 5.98. The van der Waals surface area contributed by atoms with Crippen LogP contribution in [0.4, 0.5) is 0 Å². The Morgan fingerprint density at radius 3 is 2.75 bits per heavy atom. The monoisotopic (exact) mass is 259 g/mol. The molecule has 1 aliphatic heterocycles. The van der Waals surface area contributed by atoms with E-state index >= 15 is 0 Å². The first-order chi connectivity index (χ1) is 7.50. The molecule has 0 radical (unpaired) electrons. The maximum Gasteiger partial charge on any atom is 0.184 e. The van der Waals surface area contributed by atoms with Gasteiger partial charge in [0.2, 0.25) is 0 Å². The number of rotatable bonds is 2. The van der Waals surface area contributed by atoms with Crippen LogP contribution in [0.3, 0.4) is 0 Å². The Kier molecular flexibility index (Phi) is 2.99. The van der Waals surface area contributed by atoms with Crippen LogP contribution in [0.1, 0.15) is 25.5 Å². The second-order valence-electron chi connectivity index (χ2n) is 3.94. The SMILES string of the molecule is CCNC1c2cccc(Cl)c2S(=O)(=O)C1C. The van der Waals surface area contributed by atoms with Crippen molar-refractivity contribution >= 4 is 21.4 Å². The highest BCUT2D eigenvalue weighted by Crippen LogP contribution is 2.42. The molecule has 3 nitrogen and oxygen atoms in total. The molecule has 0 fully saturated rings. The summed E-state index contributed by atoms with van der Waals surface area (Å²) in [5.74, 6) is 0. The summed E-state index contributed by atoms with van der Waals surface area (Å²) in [6.07, 6.45) is 0. The topological polar surface area (TPSA) is 46.2 Å². The standard InChI is InChI=1S/C11H14ClNO2S/c1-3-13-10-7(2)16(14,15)11-8(10)5-4-6-9(11)12/h4-7,10,13H,3H2,1-2H3. The normalized spacial score (nSPS) is 26.7. The molecule has 0 saturated carbocycles. The molecule has 0 aromatic heterocycles. The largest absolute Gasteiger partial charge is 0.309 e. The first-order valence-corrected chi connectivity index (χ1v) is 7.18. The van der Waals surface area contributed by atoms with Gasteiger partial charge in [-0.2, -0.15) is 0 Å². The summed E-state index contributed by atoms with van der Waals surface area (Å²) < 4.78 is 24.3. The molecular formula is C11H14ClNO2S. The highest BCUT2D eigenvalue weighted by molar-refractivity contribution is 7.92. The summed E-state index contributed by atoms with van der Waals surface area (Å²) in [4.78, 5) is 0.301. The van der Waals surface area contributed by atoms with E-state index in [-0.39, 0.29) is 6.04 Å². The number of halogens is 1. The third-order valence-corrected chi connectivity index (χ3v) is 5.70. The van der Waals surface area contributed by atoms with Gasteiger partial charge < -0.3 is 5.32 Å². The second-order valence-corrected chi connectivity index (χ2v) is 6.59. The third kappa shape index (κ3) is 1.56. The molecule has 0 amide bonds. The van der Waals surface area contributed by atoms with E-state index in [2.05, 4.69) is 5.32 Å². The predicted molar refractivity (Wildman–Crippen MR) is 64.5 cm³/mol. The number of hydrogen-bond acceptors (Lipinski definition) is 3. The van der Waals surface area contributed by atoms with Crippen LogP contribution in [0, 0.1) is 0 Å². The van der Waals surface area contributed by atoms with E-state index < -0.39 is 15.1 Å². The Hall–Kier alpha value is -0.580. The van der Waals surface area contributed by atoms with Gasteiger partial charge in [0.15, 0.2) is 9.84 Å². The van der Waals surface area contributed by atoms with Crippen molar-refractivity contribution in [3.63, 3.8) is 0 Å². The summed E-state index contributed by atoms with van der Waals surface area (Å²) in [6, 6.07) is 5.09. The van der Waals surface area contributed by atoms with E-state index in [0.717, 1.165) is 12.1 Å². The highest BCUT2D eigenvalue weighted by atomic mass is 35.5. The minimum absolute atomic E-state index is 0.149. The van der Waals surface area contributed by atoms with Crippen molar-refractivity contribution in [2.24, 2.45) is 0 Å². The van der Waals surface area contributed by atoms with Crippen LogP contribution in [-0.4, -0.2) is 20.2 Å². The van der Waals surface area contributed by atoms with Crippen LogP contribution in [0.5, 0.6) is 0 Å². The molecule has 0 saturated heterocycles. The first-order valence-electron chi connectivity index (χ1n) is 5.25. The average molecular weight is 260 g/mol. The quantitative estimate of drug-likeness (QED) is 0.885. The fourth-order valence-corrected chi connectivity index (χ4v) is 4.53. The lowest BCUT2D eigenvalue weighted by Crippen LogP contribution is -2.29. The van der Waals surface area contributed by atoms with Crippen LogP contribution < -0.4 is 5.32 Å². The number of sulfone groups is 1. The van der Waals surface area contributed by atoms with Crippen molar-refractivity contribution in [1.29, 1.82) is 0 Å². The molecular weight excluding hydrogens is 246 g/mol. The first kappa shape index (κ1) is 11.9. The molecule has 88 valence electrons. The maximum atomic E-state index is 12.2. The van der Waals surface area contributed by atoms with Gasteiger partial charge in [-0.3, -0.25) is 0 Å². The number of fused-ring (bicyclic) bond motifs is 1. The molecule has 1 aliphatic rings. The Labute approximate surface area is 101 Å². The molecule has 5 heteroatoms. The molecule has 2 unspecified atom stereocenters. The van der Waals surface area contributed by atoms with Gasteiger partial charge in [0.25, 0.3) is 0 Å². The lowest BCUT2D eigenvalue weighted by molar-refractivity contribution is 0.529. The number of benzene rings is 1. The Bertz CT molecular complexity index is 513. The summed E-state index contributed by atoms with van der Waals surface area (Å²) in [7, 11) is -3.28. The van der Waals surface area contributed by atoms with E-state index in [9.17, 15) is 8.42 Å². The summed E-state index contributed by atoms with van der Waals surface area (Å²) in [5.41, 5.74) is 0.793. The average Bonchev–Trinajstić information content (AvgIpc) is 2.41. The van der Waals surface area contributed by atoms with Crippen molar-refractivity contribution in [1.82, 2.24) is 5.32 Å². The molecule has 0 spiro atoms. The Morgan fingerprint density at radius 2 is 2.12 bits per heavy atom. The van der Waals surface area contributed by atoms with Gasteiger partial charge in [0.05, 0.1) is 21.2 Å². The third-order valence-electron chi connectivity index (χ3n) is 3.00. The van der Waals surface area contributed by atoms with Crippen molar-refractivity contribution in [2.75, 3.05) is 6.54 Å². The van der Waals surface area contributed by atoms with E-state index in [1.54, 1.807) is 19.1 Å². The fraction of sp³-hybridized carbons (Fsp3) is 0.455. The van der Waals surface area contributed by atoms with Gasteiger partial charge in [-0.25, -0.2) is 8.42 Å². The van der Waals surface area contributed by atoms with Gasteiger partial charge in [-0.05, 0) is 25.1 Å². The number of nitrogens with one attached hydrogen (secondary N) is 1. The van der Waals surface area contributed by atoms with E-state index in [4.69, 9.17) is 11.6 Å². The number of hydrogen-bond donors (Lipinski definition) is 1. The molecule has 2 atom stereocenters. The zero-order chi connectivity index (χ0) is 11.9. The molecule has 0 aliphatic carbocycles. The van der Waals surface area contributed by atoms with E-state index in [1.165, 1.54) is 0 Å². The fourth-order valence-electron chi connectivity index (χ4n) is 2.18. The van der Waals surface area contributed by atoms with Crippen LogP contribution >= 0.6 is 11.6 Å². The lowest BCUT2D eigenvalue weighted by Gasteiger charge is -2.15. The van der Waals surface area contributed by atoms with Crippen molar-refractivity contribution < 1.29 is 8.42 Å². The van der Waals surface area contributed by atoms with Crippen LogP contribution in [0.25, 0.3) is 0 Å². The minimum Gasteiger partial charge on any atom is -0.309 e. The Balaban J connectivity index is 2.65. The molecule has 0 bridgehead atoms. The van der Waals surface area contributed by atoms with Crippen LogP contribution in [0.15, 0.2) is 23.1 Å². The molecule has 1 heterocycles. The van der Waals surface area contributed by atoms with Gasteiger partial charge in [-0.15, -0.1) is 0 Å². The molecule has 16 heavy (non-hydrogen) atoms. The smallest absolute Gasteiger partial charge is 0.184 e. The van der Waals surface area contributed by atoms with Gasteiger partial charge in [0.1, 0.15) is 0 Å². The van der Waals surface area contributed by atoms with Crippen molar-refractivity contribution in [3.8, 4) is 0 Å². The lowest BCUT2D eigenvalue weighted by atomic mass is 10.0. The van der Waals surface area contributed by atoms with E-state index in [0.29, 0.717) is 9.92 Å². The van der Waals surface area contributed by atoms with Crippen LogP contribution in [-0.2, 0) is 9.84 Å². The molecule has 1 aromatic rings. The molecule has 1 aromatic carbocycles. The van der Waals surface area contributed by atoms with Gasteiger partial charge in [0, 0.05) is 0 Å². The predicted octanol–water partition coefficient (Wildman–Crippen LogP) is 2.17. The van der Waals surface area contributed by atoms with Gasteiger partial charge in [-0.1, -0.05) is 30.7 Å². The maximum absolute atomic E-state index is 12.2.